The summed E-state index contributed by atoms with van der Waals surface area (Å²) in [5, 5.41) is 2.64. The molecule has 20 heavy (non-hydrogen) atoms. The van der Waals surface area contributed by atoms with Crippen molar-refractivity contribution in [1.29, 1.82) is 0 Å². The first-order valence-electron chi connectivity index (χ1n) is 5.90. The molecule has 1 aromatic rings. The smallest absolute Gasteiger partial charge is 0.358 e. The van der Waals surface area contributed by atoms with Crippen LogP contribution in [-0.4, -0.2) is 34.8 Å². The molecule has 0 aliphatic carbocycles. The molecule has 1 atom stereocenters. The maximum atomic E-state index is 12.5. The molecule has 0 spiro atoms. The number of nitrogens with zero attached hydrogens (tertiary/aromatic N) is 2. The maximum Gasteiger partial charge on any atom is 0.433 e. The zero-order valence-corrected chi connectivity index (χ0v) is 10.6. The molecule has 2 rings (SSSR count). The van der Waals surface area contributed by atoms with Crippen LogP contribution >= 0.6 is 0 Å². The lowest BCUT2D eigenvalue weighted by Gasteiger charge is -2.28. The summed E-state index contributed by atoms with van der Waals surface area (Å²) in [6, 6.07) is 2.66. The first-order valence-corrected chi connectivity index (χ1v) is 5.90. The molecule has 0 saturated carbocycles. The predicted molar refractivity (Wildman–Crippen MR) is 63.7 cm³/mol. The Labute approximate surface area is 112 Å². The Morgan fingerprint density at radius 2 is 2.05 bits per heavy atom. The summed E-state index contributed by atoms with van der Waals surface area (Å²) in [4.78, 5) is 27.5. The fourth-order valence-electron chi connectivity index (χ4n) is 1.90. The van der Waals surface area contributed by atoms with Gasteiger partial charge >= 0.3 is 6.18 Å². The minimum Gasteiger partial charge on any atom is -0.358 e. The zero-order valence-electron chi connectivity index (χ0n) is 10.6. The van der Waals surface area contributed by atoms with E-state index in [0.717, 1.165) is 11.0 Å². The van der Waals surface area contributed by atoms with E-state index in [1.807, 2.05) is 0 Å². The number of aromatic nitrogens is 1. The van der Waals surface area contributed by atoms with E-state index in [1.165, 1.54) is 19.2 Å². The van der Waals surface area contributed by atoms with Crippen molar-refractivity contribution in [3.8, 4) is 0 Å². The molecule has 1 aliphatic heterocycles. The highest BCUT2D eigenvalue weighted by Gasteiger charge is 2.34. The van der Waals surface area contributed by atoms with Gasteiger partial charge in [0.25, 0.3) is 5.91 Å². The monoisotopic (exact) mass is 287 g/mol. The van der Waals surface area contributed by atoms with Crippen molar-refractivity contribution in [1.82, 2.24) is 9.88 Å². The Balaban J connectivity index is 2.15. The minimum atomic E-state index is -4.54. The van der Waals surface area contributed by atoms with Crippen molar-refractivity contribution in [2.75, 3.05) is 12.4 Å². The van der Waals surface area contributed by atoms with Crippen LogP contribution in [0.1, 0.15) is 18.5 Å². The second-order valence-electron chi connectivity index (χ2n) is 4.43. The minimum absolute atomic E-state index is 0.0408. The third kappa shape index (κ3) is 2.89. The molecule has 108 valence electrons. The SMILES string of the molecule is CN1C(=O)CCC(Nc2cccc(C(F)(F)F)n2)C1=O. The number of alkyl halides is 3. The van der Waals surface area contributed by atoms with Crippen molar-refractivity contribution in [2.45, 2.75) is 25.1 Å². The molecule has 2 heterocycles. The van der Waals surface area contributed by atoms with Crippen LogP contribution in [-0.2, 0) is 15.8 Å². The Hall–Kier alpha value is -2.12. The van der Waals surface area contributed by atoms with Crippen LogP contribution < -0.4 is 5.32 Å². The molecule has 1 unspecified atom stereocenters. The number of halogens is 3. The number of hydrogen-bond acceptors (Lipinski definition) is 4. The van der Waals surface area contributed by atoms with Crippen LogP contribution in [0.2, 0.25) is 0 Å². The molecule has 8 heteroatoms. The molecule has 1 N–H and O–H groups in total. The number of carbonyl (C=O) groups excluding carboxylic acids is 2. The molecule has 1 aromatic heterocycles. The number of amides is 2. The van der Waals surface area contributed by atoms with Crippen molar-refractivity contribution in [2.24, 2.45) is 0 Å². The van der Waals surface area contributed by atoms with Crippen LogP contribution in [0.4, 0.5) is 19.0 Å². The van der Waals surface area contributed by atoms with Gasteiger partial charge < -0.3 is 5.32 Å². The standard InChI is InChI=1S/C12H12F3N3O2/c1-18-10(19)6-5-7(11(18)20)16-9-4-2-3-8(17-9)12(13,14)15/h2-4,7H,5-6H2,1H3,(H,16,17). The summed E-state index contributed by atoms with van der Waals surface area (Å²) in [5.41, 5.74) is -1.03. The Morgan fingerprint density at radius 1 is 1.35 bits per heavy atom. The molecule has 0 radical (unpaired) electrons. The van der Waals surface area contributed by atoms with Gasteiger partial charge in [0, 0.05) is 13.5 Å². The van der Waals surface area contributed by atoms with E-state index in [-0.39, 0.29) is 24.6 Å². The highest BCUT2D eigenvalue weighted by Crippen LogP contribution is 2.28. The second-order valence-corrected chi connectivity index (χ2v) is 4.43. The summed E-state index contributed by atoms with van der Waals surface area (Å²) < 4.78 is 37.6. The largest absolute Gasteiger partial charge is 0.433 e. The summed E-state index contributed by atoms with van der Waals surface area (Å²) in [7, 11) is 1.35. The van der Waals surface area contributed by atoms with Gasteiger partial charge in [0.15, 0.2) is 0 Å². The Morgan fingerprint density at radius 3 is 2.70 bits per heavy atom. The Bertz CT molecular complexity index is 545. The summed E-state index contributed by atoms with van der Waals surface area (Å²) in [6.45, 7) is 0. The summed E-state index contributed by atoms with van der Waals surface area (Å²) in [6.07, 6.45) is -4.14. The fourth-order valence-corrected chi connectivity index (χ4v) is 1.90. The first-order chi connectivity index (χ1) is 9.29. The third-order valence-corrected chi connectivity index (χ3v) is 3.01. The van der Waals surface area contributed by atoms with Gasteiger partial charge in [-0.05, 0) is 18.6 Å². The van der Waals surface area contributed by atoms with Gasteiger partial charge in [-0.3, -0.25) is 14.5 Å². The van der Waals surface area contributed by atoms with Gasteiger partial charge in [-0.2, -0.15) is 13.2 Å². The molecular formula is C12H12F3N3O2. The van der Waals surface area contributed by atoms with E-state index >= 15 is 0 Å². The zero-order chi connectivity index (χ0) is 14.9. The van der Waals surface area contributed by atoms with Crippen LogP contribution in [0, 0.1) is 0 Å². The van der Waals surface area contributed by atoms with Gasteiger partial charge in [0.05, 0.1) is 0 Å². The number of likely N-dealkylation sites (tertiary alicyclic amines) is 1. The quantitative estimate of drug-likeness (QED) is 0.840. The molecule has 1 saturated heterocycles. The van der Waals surface area contributed by atoms with Crippen LogP contribution in [0.15, 0.2) is 18.2 Å². The summed E-state index contributed by atoms with van der Waals surface area (Å²) in [5.74, 6) is -0.813. The van der Waals surface area contributed by atoms with E-state index in [0.29, 0.717) is 0 Å². The first kappa shape index (κ1) is 14.3. The van der Waals surface area contributed by atoms with Gasteiger partial charge in [-0.25, -0.2) is 4.98 Å². The van der Waals surface area contributed by atoms with Crippen LogP contribution in [0.5, 0.6) is 0 Å². The normalized spacial score (nSPS) is 20.2. The van der Waals surface area contributed by atoms with E-state index in [9.17, 15) is 22.8 Å². The number of anilines is 1. The van der Waals surface area contributed by atoms with Gasteiger partial charge in [-0.1, -0.05) is 6.07 Å². The molecule has 5 nitrogen and oxygen atoms in total. The number of carbonyl (C=O) groups is 2. The lowest BCUT2D eigenvalue weighted by Crippen LogP contribution is -2.48. The average Bonchev–Trinajstić information content (AvgIpc) is 2.39. The van der Waals surface area contributed by atoms with Crippen LogP contribution in [0.3, 0.4) is 0 Å². The maximum absolute atomic E-state index is 12.5. The number of hydrogen-bond donors (Lipinski definition) is 1. The lowest BCUT2D eigenvalue weighted by molar-refractivity contribution is -0.146. The van der Waals surface area contributed by atoms with Crippen molar-refractivity contribution < 1.29 is 22.8 Å². The highest BCUT2D eigenvalue weighted by molar-refractivity contribution is 6.01. The molecule has 0 aromatic carbocycles. The topological polar surface area (TPSA) is 62.3 Å². The molecule has 2 amide bonds. The predicted octanol–water partition coefficient (Wildman–Crippen LogP) is 1.66. The highest BCUT2D eigenvalue weighted by atomic mass is 19.4. The van der Waals surface area contributed by atoms with Gasteiger partial charge in [0.2, 0.25) is 5.91 Å². The van der Waals surface area contributed by atoms with E-state index in [1.54, 1.807) is 0 Å². The molecular weight excluding hydrogens is 275 g/mol. The van der Waals surface area contributed by atoms with Gasteiger partial charge in [0.1, 0.15) is 17.6 Å². The van der Waals surface area contributed by atoms with Crippen molar-refractivity contribution in [3.63, 3.8) is 0 Å². The average molecular weight is 287 g/mol. The van der Waals surface area contributed by atoms with Gasteiger partial charge in [-0.15, -0.1) is 0 Å². The summed E-state index contributed by atoms with van der Waals surface area (Å²) >= 11 is 0. The molecule has 1 fully saturated rings. The molecule has 0 bridgehead atoms. The van der Waals surface area contributed by atoms with E-state index < -0.39 is 23.8 Å². The number of imide groups is 1. The second kappa shape index (κ2) is 5.10. The number of nitrogens with one attached hydrogen (secondary N) is 1. The third-order valence-electron chi connectivity index (χ3n) is 3.01. The number of piperidine rings is 1. The molecule has 1 aliphatic rings. The number of rotatable bonds is 2. The van der Waals surface area contributed by atoms with E-state index in [4.69, 9.17) is 0 Å². The number of likely N-dealkylation sites (N-methyl/N-ethyl adjacent to an activating group) is 1. The Kier molecular flexibility index (Phi) is 3.65. The van der Waals surface area contributed by atoms with E-state index in [2.05, 4.69) is 10.3 Å². The lowest BCUT2D eigenvalue weighted by atomic mass is 10.0. The van der Waals surface area contributed by atoms with Crippen LogP contribution in [0.25, 0.3) is 0 Å². The fraction of sp³-hybridized carbons (Fsp3) is 0.417. The van der Waals surface area contributed by atoms with Crippen molar-refractivity contribution >= 4 is 17.6 Å². The number of pyridine rings is 1. The van der Waals surface area contributed by atoms with Crippen molar-refractivity contribution in [3.05, 3.63) is 23.9 Å².